The summed E-state index contributed by atoms with van der Waals surface area (Å²) in [5.41, 5.74) is 3.94. The largest absolute Gasteiger partial charge is 0.493 e. The zero-order valence-corrected chi connectivity index (χ0v) is 10.8. The van der Waals surface area contributed by atoms with Gasteiger partial charge in [0.1, 0.15) is 5.75 Å². The highest BCUT2D eigenvalue weighted by Crippen LogP contribution is 2.33. The molecule has 2 nitrogen and oxygen atoms in total. The molecular formula is C15H21NO. The third kappa shape index (κ3) is 2.89. The summed E-state index contributed by atoms with van der Waals surface area (Å²) in [6, 6.07) is 6.48. The van der Waals surface area contributed by atoms with Crippen molar-refractivity contribution in [2.45, 2.75) is 26.2 Å². The maximum absolute atomic E-state index is 5.83. The first-order valence-corrected chi connectivity index (χ1v) is 6.39. The van der Waals surface area contributed by atoms with Crippen molar-refractivity contribution in [3.63, 3.8) is 0 Å². The number of ether oxygens (including phenoxy) is 1. The van der Waals surface area contributed by atoms with Crippen LogP contribution in [0.3, 0.4) is 0 Å². The van der Waals surface area contributed by atoms with Crippen molar-refractivity contribution in [1.29, 1.82) is 0 Å². The van der Waals surface area contributed by atoms with Crippen molar-refractivity contribution < 1.29 is 4.74 Å². The van der Waals surface area contributed by atoms with E-state index in [1.807, 2.05) is 7.05 Å². The van der Waals surface area contributed by atoms with Crippen molar-refractivity contribution >= 4 is 5.57 Å². The number of benzene rings is 1. The predicted molar refractivity (Wildman–Crippen MR) is 72.5 cm³/mol. The summed E-state index contributed by atoms with van der Waals surface area (Å²) in [6.07, 6.45) is 5.63. The predicted octanol–water partition coefficient (Wildman–Crippen LogP) is 3.02. The number of nitrogens with one attached hydrogen (secondary N) is 1. The first-order valence-electron chi connectivity index (χ1n) is 6.39. The number of hydrogen-bond donors (Lipinski definition) is 1. The highest BCUT2D eigenvalue weighted by molar-refractivity contribution is 5.70. The Morgan fingerprint density at radius 1 is 1.47 bits per heavy atom. The minimum Gasteiger partial charge on any atom is -0.493 e. The number of hydrogen-bond acceptors (Lipinski definition) is 2. The van der Waals surface area contributed by atoms with Crippen molar-refractivity contribution in [2.24, 2.45) is 0 Å². The van der Waals surface area contributed by atoms with E-state index in [1.54, 1.807) is 0 Å². The minimum absolute atomic E-state index is 0.855. The molecule has 92 valence electrons. The van der Waals surface area contributed by atoms with Crippen LogP contribution in [0.15, 0.2) is 24.3 Å². The van der Waals surface area contributed by atoms with Gasteiger partial charge in [0.2, 0.25) is 0 Å². The van der Waals surface area contributed by atoms with Crippen molar-refractivity contribution in [2.75, 3.05) is 20.2 Å². The topological polar surface area (TPSA) is 21.3 Å². The van der Waals surface area contributed by atoms with E-state index in [1.165, 1.54) is 16.7 Å². The van der Waals surface area contributed by atoms with Crippen LogP contribution >= 0.6 is 0 Å². The fourth-order valence-electron chi connectivity index (χ4n) is 2.24. The Morgan fingerprint density at radius 3 is 3.18 bits per heavy atom. The Hall–Kier alpha value is -1.28. The molecule has 2 rings (SSSR count). The first kappa shape index (κ1) is 12.2. The van der Waals surface area contributed by atoms with E-state index in [0.717, 1.165) is 38.2 Å². The van der Waals surface area contributed by atoms with Gasteiger partial charge in [-0.2, -0.15) is 0 Å². The van der Waals surface area contributed by atoms with Crippen molar-refractivity contribution in [1.82, 2.24) is 5.32 Å². The summed E-state index contributed by atoms with van der Waals surface area (Å²) < 4.78 is 5.83. The molecule has 17 heavy (non-hydrogen) atoms. The molecule has 2 heteroatoms. The average Bonchev–Trinajstić information content (AvgIpc) is 2.38. The lowest BCUT2D eigenvalue weighted by atomic mass is 9.98. The second-order valence-corrected chi connectivity index (χ2v) is 4.53. The lowest BCUT2D eigenvalue weighted by Crippen LogP contribution is -2.10. The lowest BCUT2D eigenvalue weighted by molar-refractivity contribution is 0.287. The van der Waals surface area contributed by atoms with Crippen molar-refractivity contribution in [3.05, 3.63) is 35.4 Å². The summed E-state index contributed by atoms with van der Waals surface area (Å²) in [5.74, 6) is 1.11. The van der Waals surface area contributed by atoms with Gasteiger partial charge in [-0.05, 0) is 50.9 Å². The molecule has 0 aliphatic carbocycles. The number of para-hydroxylation sites is 1. The van der Waals surface area contributed by atoms with Crippen LogP contribution in [-0.2, 0) is 6.42 Å². The van der Waals surface area contributed by atoms with Gasteiger partial charge in [-0.3, -0.25) is 0 Å². The van der Waals surface area contributed by atoms with Gasteiger partial charge in [0.05, 0.1) is 6.61 Å². The molecule has 1 aliphatic heterocycles. The van der Waals surface area contributed by atoms with Gasteiger partial charge in [-0.25, -0.2) is 0 Å². The average molecular weight is 231 g/mol. The van der Waals surface area contributed by atoms with Gasteiger partial charge in [0.25, 0.3) is 0 Å². The van der Waals surface area contributed by atoms with E-state index in [2.05, 4.69) is 36.5 Å². The molecule has 1 aromatic rings. The normalized spacial score (nSPS) is 15.3. The van der Waals surface area contributed by atoms with Gasteiger partial charge in [0.15, 0.2) is 0 Å². The van der Waals surface area contributed by atoms with Crippen LogP contribution in [0.25, 0.3) is 5.57 Å². The van der Waals surface area contributed by atoms with E-state index in [9.17, 15) is 0 Å². The molecule has 0 amide bonds. The molecule has 1 N–H and O–H groups in total. The van der Waals surface area contributed by atoms with E-state index >= 15 is 0 Å². The van der Waals surface area contributed by atoms with Gasteiger partial charge < -0.3 is 10.1 Å². The number of aryl methyl sites for hydroxylation is 1. The Balaban J connectivity index is 2.22. The van der Waals surface area contributed by atoms with Crippen LogP contribution in [0.4, 0.5) is 0 Å². The van der Waals surface area contributed by atoms with E-state index in [0.29, 0.717) is 0 Å². The lowest BCUT2D eigenvalue weighted by Gasteiger charge is -2.20. The Labute approximate surface area is 104 Å². The molecule has 1 aromatic carbocycles. The van der Waals surface area contributed by atoms with Gasteiger partial charge >= 0.3 is 0 Å². The molecule has 0 unspecified atom stereocenters. The maximum Gasteiger partial charge on any atom is 0.129 e. The second-order valence-electron chi connectivity index (χ2n) is 4.53. The Morgan fingerprint density at radius 2 is 2.35 bits per heavy atom. The van der Waals surface area contributed by atoms with Crippen LogP contribution in [0.1, 0.15) is 30.9 Å². The SMILES string of the molecule is CNCC/C=C(/C)c1cccc2c1OCCC2. The van der Waals surface area contributed by atoms with E-state index in [4.69, 9.17) is 4.74 Å². The third-order valence-corrected chi connectivity index (χ3v) is 3.20. The van der Waals surface area contributed by atoms with E-state index < -0.39 is 0 Å². The highest BCUT2D eigenvalue weighted by Gasteiger charge is 2.14. The molecule has 0 radical (unpaired) electrons. The molecule has 1 aliphatic rings. The minimum atomic E-state index is 0.855. The standard InChI is InChI=1S/C15H21NO/c1-12(6-4-10-16-2)14-9-3-7-13-8-5-11-17-15(13)14/h3,6-7,9,16H,4-5,8,10-11H2,1-2H3/b12-6-. The molecular weight excluding hydrogens is 210 g/mol. The summed E-state index contributed by atoms with van der Waals surface area (Å²) >= 11 is 0. The molecule has 0 fully saturated rings. The van der Waals surface area contributed by atoms with Crippen LogP contribution in [0, 0.1) is 0 Å². The van der Waals surface area contributed by atoms with Crippen molar-refractivity contribution in [3.8, 4) is 5.75 Å². The summed E-state index contributed by atoms with van der Waals surface area (Å²) in [7, 11) is 1.98. The maximum atomic E-state index is 5.83. The number of rotatable bonds is 4. The van der Waals surface area contributed by atoms with Crippen LogP contribution in [0.2, 0.25) is 0 Å². The molecule has 0 saturated heterocycles. The van der Waals surface area contributed by atoms with Crippen LogP contribution in [0.5, 0.6) is 5.75 Å². The second kappa shape index (κ2) is 5.87. The molecule has 0 bridgehead atoms. The molecule has 1 heterocycles. The van der Waals surface area contributed by atoms with Crippen LogP contribution < -0.4 is 10.1 Å². The van der Waals surface area contributed by atoms with Gasteiger partial charge in [-0.1, -0.05) is 24.3 Å². The van der Waals surface area contributed by atoms with Crippen LogP contribution in [-0.4, -0.2) is 20.2 Å². The molecule has 0 aromatic heterocycles. The third-order valence-electron chi connectivity index (χ3n) is 3.20. The Kier molecular flexibility index (Phi) is 4.21. The highest BCUT2D eigenvalue weighted by atomic mass is 16.5. The molecule has 0 spiro atoms. The zero-order chi connectivity index (χ0) is 12.1. The molecule has 0 atom stereocenters. The first-order chi connectivity index (χ1) is 8.33. The fraction of sp³-hybridized carbons (Fsp3) is 0.467. The quantitative estimate of drug-likeness (QED) is 0.804. The summed E-state index contributed by atoms with van der Waals surface area (Å²) in [4.78, 5) is 0. The van der Waals surface area contributed by atoms with Gasteiger partial charge in [0, 0.05) is 5.56 Å². The smallest absolute Gasteiger partial charge is 0.129 e. The fourth-order valence-corrected chi connectivity index (χ4v) is 2.24. The summed E-state index contributed by atoms with van der Waals surface area (Å²) in [6.45, 7) is 4.05. The summed E-state index contributed by atoms with van der Waals surface area (Å²) in [5, 5.41) is 3.16. The zero-order valence-electron chi connectivity index (χ0n) is 10.8. The molecule has 0 saturated carbocycles. The monoisotopic (exact) mass is 231 g/mol. The Bertz CT molecular complexity index is 409. The van der Waals surface area contributed by atoms with Gasteiger partial charge in [-0.15, -0.1) is 0 Å². The number of allylic oxidation sites excluding steroid dienone is 1. The van der Waals surface area contributed by atoms with E-state index in [-0.39, 0.29) is 0 Å². The number of fused-ring (bicyclic) bond motifs is 1.